The van der Waals surface area contributed by atoms with Crippen LogP contribution in [0.15, 0.2) is 30.5 Å². The van der Waals surface area contributed by atoms with Crippen LogP contribution in [0.1, 0.15) is 22.8 Å². The molecule has 1 saturated heterocycles. The van der Waals surface area contributed by atoms with Gasteiger partial charge in [0.1, 0.15) is 0 Å². The van der Waals surface area contributed by atoms with Gasteiger partial charge in [0, 0.05) is 24.7 Å². The van der Waals surface area contributed by atoms with Gasteiger partial charge in [0.15, 0.2) is 0 Å². The third-order valence-electron chi connectivity index (χ3n) is 3.60. The van der Waals surface area contributed by atoms with E-state index in [1.54, 1.807) is 11.1 Å². The molecule has 0 atom stereocenters. The maximum absolute atomic E-state index is 12.6. The van der Waals surface area contributed by atoms with Gasteiger partial charge < -0.3 is 10.0 Å². The van der Waals surface area contributed by atoms with Crippen LogP contribution in [-0.4, -0.2) is 40.1 Å². The zero-order valence-electron chi connectivity index (χ0n) is 10.8. The number of aryl methyl sites for hydroxylation is 1. The molecule has 4 heteroatoms. The molecule has 1 aliphatic heterocycles. The molecule has 0 spiro atoms. The molecule has 19 heavy (non-hydrogen) atoms. The Bertz CT molecular complexity index is 633. The van der Waals surface area contributed by atoms with Crippen LogP contribution in [0.25, 0.3) is 10.9 Å². The van der Waals surface area contributed by atoms with Crippen LogP contribution in [0, 0.1) is 0 Å². The number of amides is 1. The van der Waals surface area contributed by atoms with E-state index in [-0.39, 0.29) is 12.0 Å². The molecule has 1 aliphatic rings. The molecule has 1 aromatic carbocycles. The highest BCUT2D eigenvalue weighted by molar-refractivity contribution is 6.07. The summed E-state index contributed by atoms with van der Waals surface area (Å²) in [5.41, 5.74) is 2.54. The van der Waals surface area contributed by atoms with Crippen LogP contribution in [0.2, 0.25) is 0 Å². The molecule has 0 unspecified atom stereocenters. The lowest BCUT2D eigenvalue weighted by atomic mass is 9.99. The summed E-state index contributed by atoms with van der Waals surface area (Å²) in [7, 11) is 0. The van der Waals surface area contributed by atoms with Gasteiger partial charge in [0.25, 0.3) is 5.91 Å². The smallest absolute Gasteiger partial charge is 0.255 e. The topological polar surface area (TPSA) is 53.4 Å². The Morgan fingerprint density at radius 1 is 1.42 bits per heavy atom. The van der Waals surface area contributed by atoms with E-state index in [1.165, 1.54) is 0 Å². The molecule has 0 aliphatic carbocycles. The van der Waals surface area contributed by atoms with Crippen molar-refractivity contribution in [3.05, 3.63) is 41.6 Å². The molecular formula is C15H16N2O2. The zero-order chi connectivity index (χ0) is 13.4. The van der Waals surface area contributed by atoms with Crippen LogP contribution in [0.3, 0.4) is 0 Å². The van der Waals surface area contributed by atoms with E-state index >= 15 is 0 Å². The minimum absolute atomic E-state index is 0.000694. The summed E-state index contributed by atoms with van der Waals surface area (Å²) in [6.07, 6.45) is 2.18. The van der Waals surface area contributed by atoms with E-state index < -0.39 is 0 Å². The average molecular weight is 256 g/mol. The second-order valence-electron chi connectivity index (χ2n) is 4.89. The molecule has 1 amide bonds. The number of β-amino-alcohol motifs (C(OH)–C–C–N with tert-alkyl or cyclic N) is 1. The van der Waals surface area contributed by atoms with Crippen LogP contribution in [0.4, 0.5) is 0 Å². The molecule has 0 saturated carbocycles. The molecule has 2 aromatic rings. The number of likely N-dealkylation sites (tertiary alicyclic amines) is 1. The highest BCUT2D eigenvalue weighted by atomic mass is 16.3. The lowest BCUT2D eigenvalue weighted by Crippen LogP contribution is -2.53. The Hall–Kier alpha value is -1.94. The number of benzene rings is 1. The van der Waals surface area contributed by atoms with Crippen LogP contribution in [-0.2, 0) is 6.42 Å². The van der Waals surface area contributed by atoms with Gasteiger partial charge in [0.05, 0.1) is 17.2 Å². The number of fused-ring (bicyclic) bond motifs is 1. The first-order valence-electron chi connectivity index (χ1n) is 6.54. The normalized spacial score (nSPS) is 15.6. The fourth-order valence-corrected chi connectivity index (χ4v) is 2.48. The fourth-order valence-electron chi connectivity index (χ4n) is 2.48. The van der Waals surface area contributed by atoms with Crippen molar-refractivity contribution in [1.29, 1.82) is 0 Å². The number of hydrogen-bond donors (Lipinski definition) is 1. The van der Waals surface area contributed by atoms with E-state index in [1.807, 2.05) is 31.2 Å². The predicted molar refractivity (Wildman–Crippen MR) is 73.0 cm³/mol. The molecule has 1 aromatic heterocycles. The van der Waals surface area contributed by atoms with E-state index in [0.29, 0.717) is 13.1 Å². The number of hydrogen-bond acceptors (Lipinski definition) is 3. The van der Waals surface area contributed by atoms with E-state index in [2.05, 4.69) is 4.98 Å². The molecule has 0 bridgehead atoms. The maximum atomic E-state index is 12.6. The van der Waals surface area contributed by atoms with Crippen LogP contribution in [0.5, 0.6) is 0 Å². The molecule has 1 N–H and O–H groups in total. The largest absolute Gasteiger partial charge is 0.389 e. The Morgan fingerprint density at radius 3 is 2.84 bits per heavy atom. The molecule has 2 heterocycles. The summed E-state index contributed by atoms with van der Waals surface area (Å²) >= 11 is 0. The molecule has 98 valence electrons. The standard InChI is InChI=1S/C15H16N2O2/c1-2-10-7-16-13-6-4-3-5-12(13)14(10)15(19)17-8-11(18)9-17/h3-7,11,18H,2,8-9H2,1H3. The van der Waals surface area contributed by atoms with Gasteiger partial charge in [-0.1, -0.05) is 25.1 Å². The van der Waals surface area contributed by atoms with Gasteiger partial charge >= 0.3 is 0 Å². The first kappa shape index (κ1) is 12.1. The number of rotatable bonds is 2. The summed E-state index contributed by atoms with van der Waals surface area (Å²) in [5, 5.41) is 10.2. The number of aliphatic hydroxyl groups excluding tert-OH is 1. The highest BCUT2D eigenvalue weighted by Gasteiger charge is 2.31. The predicted octanol–water partition coefficient (Wildman–Crippen LogP) is 1.61. The second kappa shape index (κ2) is 4.63. The molecule has 1 fully saturated rings. The van der Waals surface area contributed by atoms with Crippen molar-refractivity contribution >= 4 is 16.8 Å². The number of pyridine rings is 1. The number of aliphatic hydroxyl groups is 1. The molecule has 4 nitrogen and oxygen atoms in total. The van der Waals surface area contributed by atoms with Crippen molar-refractivity contribution < 1.29 is 9.90 Å². The summed E-state index contributed by atoms with van der Waals surface area (Å²) < 4.78 is 0. The third kappa shape index (κ3) is 1.98. The van der Waals surface area contributed by atoms with Crippen molar-refractivity contribution in [3.8, 4) is 0 Å². The van der Waals surface area contributed by atoms with Crippen molar-refractivity contribution in [2.24, 2.45) is 0 Å². The van der Waals surface area contributed by atoms with Gasteiger partial charge in [-0.05, 0) is 18.1 Å². The summed E-state index contributed by atoms with van der Waals surface area (Å²) in [6, 6.07) is 7.69. The van der Waals surface area contributed by atoms with Crippen molar-refractivity contribution in [2.75, 3.05) is 13.1 Å². The number of para-hydroxylation sites is 1. The Labute approximate surface area is 111 Å². The molecule has 3 rings (SSSR count). The van der Waals surface area contributed by atoms with Gasteiger partial charge in [0.2, 0.25) is 0 Å². The quantitative estimate of drug-likeness (QED) is 0.888. The highest BCUT2D eigenvalue weighted by Crippen LogP contribution is 2.24. The van der Waals surface area contributed by atoms with Crippen LogP contribution >= 0.6 is 0 Å². The van der Waals surface area contributed by atoms with E-state index in [0.717, 1.165) is 28.5 Å². The summed E-state index contributed by atoms with van der Waals surface area (Å²) in [6.45, 7) is 2.88. The monoisotopic (exact) mass is 256 g/mol. The average Bonchev–Trinajstić information content (AvgIpc) is 2.42. The van der Waals surface area contributed by atoms with E-state index in [9.17, 15) is 9.90 Å². The van der Waals surface area contributed by atoms with Crippen LogP contribution < -0.4 is 0 Å². The Balaban J connectivity index is 2.11. The van der Waals surface area contributed by atoms with Gasteiger partial charge in [-0.2, -0.15) is 0 Å². The minimum atomic E-state index is -0.373. The number of carbonyl (C=O) groups excluding carboxylic acids is 1. The SMILES string of the molecule is CCc1cnc2ccccc2c1C(=O)N1CC(O)C1. The summed E-state index contributed by atoms with van der Waals surface area (Å²) in [4.78, 5) is 18.6. The number of aromatic nitrogens is 1. The summed E-state index contributed by atoms with van der Waals surface area (Å²) in [5.74, 6) is 0.000694. The minimum Gasteiger partial charge on any atom is -0.389 e. The van der Waals surface area contributed by atoms with Crippen molar-refractivity contribution in [3.63, 3.8) is 0 Å². The fraction of sp³-hybridized carbons (Fsp3) is 0.333. The van der Waals surface area contributed by atoms with Crippen molar-refractivity contribution in [2.45, 2.75) is 19.4 Å². The van der Waals surface area contributed by atoms with Gasteiger partial charge in [-0.25, -0.2) is 0 Å². The molecular weight excluding hydrogens is 240 g/mol. The molecule has 0 radical (unpaired) electrons. The van der Waals surface area contributed by atoms with E-state index in [4.69, 9.17) is 0 Å². The zero-order valence-corrected chi connectivity index (χ0v) is 10.8. The third-order valence-corrected chi connectivity index (χ3v) is 3.60. The number of nitrogens with zero attached hydrogens (tertiary/aromatic N) is 2. The van der Waals surface area contributed by atoms with Gasteiger partial charge in [-0.15, -0.1) is 0 Å². The lowest BCUT2D eigenvalue weighted by molar-refractivity contribution is 0.00595. The Morgan fingerprint density at radius 2 is 2.16 bits per heavy atom. The van der Waals surface area contributed by atoms with Gasteiger partial charge in [-0.3, -0.25) is 9.78 Å². The lowest BCUT2D eigenvalue weighted by Gasteiger charge is -2.36. The van der Waals surface area contributed by atoms with Crippen molar-refractivity contribution in [1.82, 2.24) is 9.88 Å². The Kier molecular flexibility index (Phi) is 2.95. The second-order valence-corrected chi connectivity index (χ2v) is 4.89. The first-order chi connectivity index (χ1) is 9.20. The first-order valence-corrected chi connectivity index (χ1v) is 6.54. The number of carbonyl (C=O) groups is 1. The maximum Gasteiger partial charge on any atom is 0.255 e.